The van der Waals surface area contributed by atoms with Crippen molar-refractivity contribution < 1.29 is 4.74 Å². The fourth-order valence-corrected chi connectivity index (χ4v) is 3.17. The van der Waals surface area contributed by atoms with E-state index in [4.69, 9.17) is 10.5 Å². The molecule has 16 heavy (non-hydrogen) atoms. The van der Waals surface area contributed by atoms with Crippen LogP contribution < -0.4 is 5.73 Å². The molecule has 1 aromatic carbocycles. The van der Waals surface area contributed by atoms with Crippen LogP contribution in [0, 0.1) is 6.92 Å². The van der Waals surface area contributed by atoms with E-state index in [2.05, 4.69) is 30.1 Å². The molecule has 0 saturated carbocycles. The van der Waals surface area contributed by atoms with Gasteiger partial charge in [-0.15, -0.1) is 11.3 Å². The molecule has 0 amide bonds. The lowest BCUT2D eigenvalue weighted by atomic mass is 10.0. The van der Waals surface area contributed by atoms with Gasteiger partial charge in [0.25, 0.3) is 0 Å². The van der Waals surface area contributed by atoms with Crippen molar-refractivity contribution in [3.63, 3.8) is 0 Å². The van der Waals surface area contributed by atoms with Crippen molar-refractivity contribution in [1.29, 1.82) is 0 Å². The van der Waals surface area contributed by atoms with E-state index in [1.54, 1.807) is 11.3 Å². The molecule has 1 aliphatic rings. The SMILES string of the molecule is Cc1ccc2nc(C3(N)CCOC3)sc2c1. The largest absolute Gasteiger partial charge is 0.379 e. The smallest absolute Gasteiger partial charge is 0.116 e. The molecule has 3 rings (SSSR count). The number of nitrogens with two attached hydrogens (primary N) is 1. The van der Waals surface area contributed by atoms with Gasteiger partial charge in [0.2, 0.25) is 0 Å². The van der Waals surface area contributed by atoms with Gasteiger partial charge in [-0.3, -0.25) is 0 Å². The predicted molar refractivity (Wildman–Crippen MR) is 65.7 cm³/mol. The first-order valence-electron chi connectivity index (χ1n) is 5.42. The van der Waals surface area contributed by atoms with Crippen molar-refractivity contribution in [2.75, 3.05) is 13.2 Å². The maximum atomic E-state index is 6.31. The van der Waals surface area contributed by atoms with Gasteiger partial charge in [-0.1, -0.05) is 6.07 Å². The lowest BCUT2D eigenvalue weighted by Crippen LogP contribution is -2.36. The minimum absolute atomic E-state index is 0.364. The van der Waals surface area contributed by atoms with Crippen LogP contribution in [0.1, 0.15) is 17.0 Å². The summed E-state index contributed by atoms with van der Waals surface area (Å²) in [5.41, 5.74) is 8.25. The average molecular weight is 234 g/mol. The van der Waals surface area contributed by atoms with Gasteiger partial charge < -0.3 is 10.5 Å². The summed E-state index contributed by atoms with van der Waals surface area (Å²) in [5, 5.41) is 1.01. The summed E-state index contributed by atoms with van der Waals surface area (Å²) < 4.78 is 6.59. The molecule has 0 radical (unpaired) electrons. The number of benzene rings is 1. The summed E-state index contributed by atoms with van der Waals surface area (Å²) in [4.78, 5) is 4.62. The highest BCUT2D eigenvalue weighted by Crippen LogP contribution is 2.34. The predicted octanol–water partition coefficient (Wildman–Crippen LogP) is 2.18. The Morgan fingerprint density at radius 3 is 3.12 bits per heavy atom. The quantitative estimate of drug-likeness (QED) is 0.822. The van der Waals surface area contributed by atoms with Crippen LogP contribution in [-0.4, -0.2) is 18.2 Å². The molecule has 1 aromatic heterocycles. The van der Waals surface area contributed by atoms with Crippen molar-refractivity contribution in [2.45, 2.75) is 18.9 Å². The first-order valence-corrected chi connectivity index (χ1v) is 6.23. The van der Waals surface area contributed by atoms with Crippen LogP contribution in [0.3, 0.4) is 0 Å². The Balaban J connectivity index is 2.11. The zero-order valence-corrected chi connectivity index (χ0v) is 10.0. The molecule has 0 aliphatic carbocycles. The van der Waals surface area contributed by atoms with Crippen LogP contribution in [0.5, 0.6) is 0 Å². The van der Waals surface area contributed by atoms with Gasteiger partial charge in [0, 0.05) is 6.61 Å². The molecule has 1 aliphatic heterocycles. The highest BCUT2D eigenvalue weighted by atomic mass is 32.1. The van der Waals surface area contributed by atoms with Gasteiger partial charge in [-0.05, 0) is 31.0 Å². The van der Waals surface area contributed by atoms with E-state index in [0.717, 1.165) is 23.6 Å². The minimum Gasteiger partial charge on any atom is -0.379 e. The number of fused-ring (bicyclic) bond motifs is 1. The fourth-order valence-electron chi connectivity index (χ4n) is 1.99. The number of ether oxygens (including phenoxy) is 1. The van der Waals surface area contributed by atoms with Crippen molar-refractivity contribution in [3.8, 4) is 0 Å². The second-order valence-electron chi connectivity index (χ2n) is 4.45. The lowest BCUT2D eigenvalue weighted by molar-refractivity contribution is 0.178. The van der Waals surface area contributed by atoms with Crippen molar-refractivity contribution >= 4 is 21.6 Å². The second kappa shape index (κ2) is 3.52. The van der Waals surface area contributed by atoms with Gasteiger partial charge >= 0.3 is 0 Å². The fraction of sp³-hybridized carbons (Fsp3) is 0.417. The standard InChI is InChI=1S/C12H14N2OS/c1-8-2-3-9-10(6-8)16-11(14-9)12(13)4-5-15-7-12/h2-3,6H,4-5,7,13H2,1H3. The highest BCUT2D eigenvalue weighted by molar-refractivity contribution is 7.18. The van der Waals surface area contributed by atoms with Crippen molar-refractivity contribution in [3.05, 3.63) is 28.8 Å². The average Bonchev–Trinajstić information content (AvgIpc) is 2.84. The monoisotopic (exact) mass is 234 g/mol. The van der Waals surface area contributed by atoms with Crippen molar-refractivity contribution in [2.24, 2.45) is 5.73 Å². The summed E-state index contributed by atoms with van der Waals surface area (Å²) in [6.07, 6.45) is 0.867. The second-order valence-corrected chi connectivity index (χ2v) is 5.48. The Morgan fingerprint density at radius 2 is 2.38 bits per heavy atom. The Labute approximate surface area is 98.2 Å². The molecule has 84 valence electrons. The first-order chi connectivity index (χ1) is 7.67. The number of thiazole rings is 1. The zero-order chi connectivity index (χ0) is 11.2. The molecule has 0 spiro atoms. The van der Waals surface area contributed by atoms with Gasteiger partial charge in [-0.2, -0.15) is 0 Å². The number of hydrogen-bond donors (Lipinski definition) is 1. The van der Waals surface area contributed by atoms with E-state index in [0.29, 0.717) is 6.61 Å². The molecule has 1 fully saturated rings. The number of hydrogen-bond acceptors (Lipinski definition) is 4. The third-order valence-electron chi connectivity index (χ3n) is 3.02. The van der Waals surface area contributed by atoms with Crippen LogP contribution in [0.2, 0.25) is 0 Å². The molecule has 4 heteroatoms. The maximum absolute atomic E-state index is 6.31. The normalized spacial score (nSPS) is 25.4. The summed E-state index contributed by atoms with van der Waals surface area (Å²) in [7, 11) is 0. The van der Waals surface area contributed by atoms with Crippen LogP contribution in [0.15, 0.2) is 18.2 Å². The summed E-state index contributed by atoms with van der Waals surface area (Å²) in [5.74, 6) is 0. The molecular formula is C12H14N2OS. The van der Waals surface area contributed by atoms with E-state index >= 15 is 0 Å². The van der Waals surface area contributed by atoms with Crippen LogP contribution in [0.25, 0.3) is 10.2 Å². The van der Waals surface area contributed by atoms with E-state index in [1.165, 1.54) is 10.3 Å². The van der Waals surface area contributed by atoms with Gasteiger partial charge in [0.1, 0.15) is 5.01 Å². The molecule has 1 atom stereocenters. The Hall–Kier alpha value is -0.970. The van der Waals surface area contributed by atoms with E-state index < -0.39 is 0 Å². The van der Waals surface area contributed by atoms with E-state index in [-0.39, 0.29) is 5.54 Å². The topological polar surface area (TPSA) is 48.1 Å². The molecule has 2 N–H and O–H groups in total. The Morgan fingerprint density at radius 1 is 1.50 bits per heavy atom. The Kier molecular flexibility index (Phi) is 2.24. The van der Waals surface area contributed by atoms with Gasteiger partial charge in [0.15, 0.2) is 0 Å². The molecule has 2 heterocycles. The Bertz CT molecular complexity index is 529. The van der Waals surface area contributed by atoms with Crippen molar-refractivity contribution in [1.82, 2.24) is 4.98 Å². The number of aryl methyl sites for hydroxylation is 1. The van der Waals surface area contributed by atoms with Crippen LogP contribution in [0.4, 0.5) is 0 Å². The summed E-state index contributed by atoms with van der Waals surface area (Å²) in [6.45, 7) is 3.42. The van der Waals surface area contributed by atoms with Gasteiger partial charge in [0.05, 0.1) is 22.4 Å². The van der Waals surface area contributed by atoms with Crippen LogP contribution >= 0.6 is 11.3 Å². The zero-order valence-electron chi connectivity index (χ0n) is 9.19. The number of nitrogens with zero attached hydrogens (tertiary/aromatic N) is 1. The molecule has 1 saturated heterocycles. The molecular weight excluding hydrogens is 220 g/mol. The third kappa shape index (κ3) is 1.54. The molecule has 2 aromatic rings. The lowest BCUT2D eigenvalue weighted by Gasteiger charge is -2.17. The number of aromatic nitrogens is 1. The van der Waals surface area contributed by atoms with Crippen LogP contribution in [-0.2, 0) is 10.3 Å². The maximum Gasteiger partial charge on any atom is 0.116 e. The summed E-state index contributed by atoms with van der Waals surface area (Å²) in [6, 6.07) is 6.31. The molecule has 0 bridgehead atoms. The van der Waals surface area contributed by atoms with E-state index in [9.17, 15) is 0 Å². The molecule has 1 unspecified atom stereocenters. The number of rotatable bonds is 1. The highest BCUT2D eigenvalue weighted by Gasteiger charge is 2.35. The minimum atomic E-state index is -0.364. The summed E-state index contributed by atoms with van der Waals surface area (Å²) >= 11 is 1.69. The molecule has 3 nitrogen and oxygen atoms in total. The third-order valence-corrected chi connectivity index (χ3v) is 4.26. The van der Waals surface area contributed by atoms with E-state index in [1.807, 2.05) is 0 Å². The first kappa shape index (κ1) is 10.2. The van der Waals surface area contributed by atoms with Gasteiger partial charge in [-0.25, -0.2) is 4.98 Å².